The van der Waals surface area contributed by atoms with Crippen LogP contribution in [0.4, 0.5) is 53.0 Å². The third kappa shape index (κ3) is 21.7. The molecule has 4 spiro atoms. The van der Waals surface area contributed by atoms with Crippen molar-refractivity contribution in [1.82, 2.24) is 10.3 Å². The number of hydrogen-bond acceptors (Lipinski definition) is 17. The number of pyridine rings is 1. The predicted octanol–water partition coefficient (Wildman–Crippen LogP) is 17.4. The fraction of sp³-hybridized carbons (Fsp3) is 0.379. The van der Waals surface area contributed by atoms with Gasteiger partial charge >= 0.3 is 41.5 Å². The maximum absolute atomic E-state index is 14.0. The molecule has 0 radical (unpaired) electrons. The van der Waals surface area contributed by atoms with Crippen molar-refractivity contribution in [3.05, 3.63) is 260 Å². The Labute approximate surface area is 825 Å². The Morgan fingerprint density at radius 1 is 0.500 bits per heavy atom. The van der Waals surface area contributed by atoms with Crippen LogP contribution in [0.5, 0.6) is 0 Å². The largest absolute Gasteiger partial charge is 1.00 e. The standard InChI is InChI=1S/C36H41FN4O4.C29H33FN2O4.C13H11BrFNO.C13H12BrNO2.C8H6BrNO.C4H6O2.Na.H2O/c1-5-41(27-10-14-45-15-11-27)32-19-25(17-28(23(32)4)33(42)38-20-29-21(2)16-22(3)39-34(29)43)24-6-7-31-30(18-24)36(35(44)40-31)12-8-26(37)9-13-36;1-4-32(22-9-13-36-14-10-22)26-17-20(15-23(18(26)2)27(33)35-3)19-5-6-25-24(16-19)29(28(34)31-25)11-7-21(30)8-12-29;14-8-1-2-11-10(7-8)13(12(17)16-11)5-3-9(15)4-6-13;14-8-1-2-11-10(7-8)13(12(17)15-11)5-3-9(16)4-6-13;9-6-1-2-7-5(3-6)4-8(11)10-7;1-3-4(5)6-2;;/h6-8,16-19,27H,5,9-15,20H2,1-4H3,(H,38,42)(H,39,43)(H,40,44);5-7,15-17,22H,4,8-14H2,1-3H3,(H,31,34);1-3,7H,4-6H2,(H,16,17);1-2,7H,3-6H2,(H,15,17);1-3H,4H2,(H,10,11);3H,1H2,2H3;;1H2/q;;;;;;+1;/p-1. The first-order valence-electron chi connectivity index (χ1n) is 44.8. The number of benzene rings is 7. The van der Waals surface area contributed by atoms with Crippen LogP contribution in [-0.2, 0) is 87.1 Å². The molecule has 3 unspecified atom stereocenters. The molecule has 11 aliphatic rings. The first-order chi connectivity index (χ1) is 63.3. The van der Waals surface area contributed by atoms with Crippen LogP contribution < -0.4 is 76.8 Å². The molecule has 700 valence electrons. The van der Waals surface area contributed by atoms with Gasteiger partial charge in [0.1, 0.15) is 5.78 Å². The number of carbonyl (C=O) groups is 9. The van der Waals surface area contributed by atoms with Gasteiger partial charge in [0.25, 0.3) is 11.5 Å². The number of nitrogens with one attached hydrogen (secondary N) is 7. The first kappa shape index (κ1) is 103. The number of halogens is 6. The molecule has 19 rings (SSSR count). The van der Waals surface area contributed by atoms with Gasteiger partial charge in [0.15, 0.2) is 0 Å². The Hall–Kier alpha value is -10.4. The van der Waals surface area contributed by atoms with E-state index in [9.17, 15) is 61.1 Å². The molecule has 2 saturated heterocycles. The zero-order valence-electron chi connectivity index (χ0n) is 76.7. The van der Waals surface area contributed by atoms with Crippen molar-refractivity contribution in [3.63, 3.8) is 0 Å². The Balaban J connectivity index is 0.000000160. The predicted molar refractivity (Wildman–Crippen MR) is 519 cm³/mol. The minimum absolute atomic E-state index is 0. The van der Waals surface area contributed by atoms with Gasteiger partial charge in [-0.15, -0.1) is 0 Å². The number of allylic oxidation sites excluding steroid dienone is 6. The van der Waals surface area contributed by atoms with Crippen molar-refractivity contribution < 1.29 is 110 Å². The van der Waals surface area contributed by atoms with Gasteiger partial charge in [0.05, 0.1) is 65.3 Å². The summed E-state index contributed by atoms with van der Waals surface area (Å²) in [6.45, 7) is 19.6. The van der Waals surface area contributed by atoms with Crippen LogP contribution in [0.25, 0.3) is 22.3 Å². The molecular weight excluding hydrogens is 1920 g/mol. The van der Waals surface area contributed by atoms with E-state index in [1.54, 1.807) is 6.08 Å². The summed E-state index contributed by atoms with van der Waals surface area (Å²) in [6, 6.07) is 39.8. The van der Waals surface area contributed by atoms with E-state index in [-0.39, 0.29) is 131 Å². The smallest absolute Gasteiger partial charge is 0.870 e. The molecule has 6 amide bonds. The number of ketones is 1. The Kier molecular flexibility index (Phi) is 33.8. The average molecular weight is 2030 g/mol. The van der Waals surface area contributed by atoms with Crippen LogP contribution in [-0.4, -0.2) is 129 Å². The monoisotopic (exact) mass is 2030 g/mol. The van der Waals surface area contributed by atoms with Gasteiger partial charge in [0.2, 0.25) is 29.5 Å². The molecule has 7 aliphatic heterocycles. The second-order valence-corrected chi connectivity index (χ2v) is 37.9. The number of aryl methyl sites for hydroxylation is 2. The minimum Gasteiger partial charge on any atom is -0.870 e. The van der Waals surface area contributed by atoms with E-state index in [1.165, 1.54) is 26.4 Å². The van der Waals surface area contributed by atoms with E-state index in [0.29, 0.717) is 113 Å². The van der Waals surface area contributed by atoms with E-state index < -0.39 is 27.6 Å². The molecule has 0 bridgehead atoms. The van der Waals surface area contributed by atoms with Crippen molar-refractivity contribution >= 4 is 141 Å². The number of aromatic nitrogens is 1. The van der Waals surface area contributed by atoms with Gasteiger partial charge in [-0.1, -0.05) is 84.7 Å². The van der Waals surface area contributed by atoms with Crippen LogP contribution in [0.15, 0.2) is 188 Å². The average Bonchev–Trinajstić information content (AvgIpc) is 1.65. The summed E-state index contributed by atoms with van der Waals surface area (Å²) in [7, 11) is 2.71. The molecule has 8 heterocycles. The van der Waals surface area contributed by atoms with E-state index in [0.717, 1.165) is 184 Å². The molecule has 31 heteroatoms. The van der Waals surface area contributed by atoms with Crippen molar-refractivity contribution in [3.8, 4) is 22.3 Å². The summed E-state index contributed by atoms with van der Waals surface area (Å²) in [5.41, 5.74) is 16.8. The summed E-state index contributed by atoms with van der Waals surface area (Å²) in [5, 5.41) is 17.6. The van der Waals surface area contributed by atoms with Gasteiger partial charge in [-0.25, -0.2) is 22.8 Å². The summed E-state index contributed by atoms with van der Waals surface area (Å²) in [4.78, 5) is 130. The number of carbonyl (C=O) groups excluding carboxylic acids is 9. The first-order valence-corrected chi connectivity index (χ1v) is 47.2. The van der Waals surface area contributed by atoms with Crippen molar-refractivity contribution in [2.75, 3.05) is 90.1 Å². The Bertz CT molecular complexity index is 6100. The van der Waals surface area contributed by atoms with E-state index in [4.69, 9.17) is 14.2 Å². The molecule has 8 aromatic rings. The summed E-state index contributed by atoms with van der Waals surface area (Å²) >= 11 is 10.2. The number of amides is 6. The summed E-state index contributed by atoms with van der Waals surface area (Å²) in [5.74, 6) is -1.24. The molecule has 134 heavy (non-hydrogen) atoms. The normalized spacial score (nSPS) is 20.0. The SMILES string of the molecule is C=CC(=O)OC.CCN(c1cc(-c2ccc3c(c2)C2(CC=C(F)CC2)C(=O)N3)cc(C(=O)NCc2c(C)cc(C)[nH]c2=O)c1C)C1CCOCC1.CCN(c1cc(-c2ccc3c(c2)C2(CC=C(F)CC2)C(=O)N3)cc(C(=O)OC)c1C)C1CCOCC1.O=C1CCC2(CC1)C(=O)Nc1ccc(Br)cc12.O=C1Cc2cc(Br)ccc2N1.O=C1Nc2ccc(Br)cc2C12CC=C(F)CC2.[Na+].[OH-]. The molecule has 4 aliphatic carbocycles. The quantitative estimate of drug-likeness (QED) is 0.0320. The Morgan fingerprint density at radius 2 is 0.896 bits per heavy atom. The number of rotatable bonds is 13. The van der Waals surface area contributed by atoms with Crippen molar-refractivity contribution in [2.24, 2.45) is 0 Å². The second kappa shape index (κ2) is 44.2. The van der Waals surface area contributed by atoms with Gasteiger partial charge in [0, 0.05) is 166 Å². The molecule has 1 aromatic heterocycles. The summed E-state index contributed by atoms with van der Waals surface area (Å²) in [6.07, 6.45) is 15.6. The van der Waals surface area contributed by atoms with Gasteiger partial charge in [-0.05, 0) is 295 Å². The van der Waals surface area contributed by atoms with Gasteiger partial charge in [-0.3, -0.25) is 38.4 Å². The number of H-pyrrole nitrogens is 1. The number of anilines is 7. The number of methoxy groups -OCH3 is 2. The number of aromatic amines is 1. The molecule has 8 N–H and O–H groups in total. The zero-order valence-corrected chi connectivity index (χ0v) is 83.5. The Morgan fingerprint density at radius 3 is 1.30 bits per heavy atom. The molecule has 7 aromatic carbocycles. The van der Waals surface area contributed by atoms with Gasteiger partial charge in [-0.2, -0.15) is 0 Å². The molecule has 24 nitrogen and oxygen atoms in total. The maximum Gasteiger partial charge on any atom is 1.00 e. The number of fused-ring (bicyclic) bond motifs is 9. The van der Waals surface area contributed by atoms with Gasteiger partial charge < -0.3 is 71.1 Å². The van der Waals surface area contributed by atoms with E-state index in [1.807, 2.05) is 137 Å². The zero-order chi connectivity index (χ0) is 94.3. The number of Topliss-reactive ketones (excluding diaryl/α,β-unsaturated/α-hetero) is 1. The second-order valence-electron chi connectivity index (χ2n) is 35.1. The van der Waals surface area contributed by atoms with Crippen molar-refractivity contribution in [2.45, 2.75) is 197 Å². The van der Waals surface area contributed by atoms with Crippen LogP contribution in [0, 0.1) is 27.7 Å². The molecule has 1 saturated carbocycles. The number of hydrogen-bond donors (Lipinski definition) is 7. The number of nitrogens with zero attached hydrogens (tertiary/aromatic N) is 2. The van der Waals surface area contributed by atoms with Crippen molar-refractivity contribution in [1.29, 1.82) is 0 Å². The molecule has 3 atom stereocenters. The molecular formula is C103H110Br3F3N9NaO15. The van der Waals surface area contributed by atoms with Crippen LogP contribution in [0.2, 0.25) is 0 Å². The fourth-order valence-electron chi connectivity index (χ4n) is 20.0. The van der Waals surface area contributed by atoms with Crippen LogP contribution >= 0.6 is 47.8 Å². The van der Waals surface area contributed by atoms with Crippen LogP contribution in [0.1, 0.15) is 199 Å². The molecule has 3 fully saturated rings. The van der Waals surface area contributed by atoms with Crippen LogP contribution in [0.3, 0.4) is 0 Å². The summed E-state index contributed by atoms with van der Waals surface area (Å²) < 4.78 is 64.4. The van der Waals surface area contributed by atoms with E-state index in [2.05, 4.69) is 132 Å². The van der Waals surface area contributed by atoms with E-state index >= 15 is 0 Å². The number of ether oxygens (including phenoxy) is 4. The minimum atomic E-state index is -0.800. The third-order valence-electron chi connectivity index (χ3n) is 27.5. The topological polar surface area (TPSA) is 332 Å². The maximum atomic E-state index is 14.0. The number of esters is 2. The fourth-order valence-corrected chi connectivity index (χ4v) is 21.1. The third-order valence-corrected chi connectivity index (χ3v) is 28.9.